The Bertz CT molecular complexity index is 2070. The number of ether oxygens (including phenoxy) is 2. The van der Waals surface area contributed by atoms with Crippen molar-refractivity contribution in [1.29, 1.82) is 0 Å². The molecule has 0 amide bonds. The molecule has 0 saturated carbocycles. The van der Waals surface area contributed by atoms with Crippen molar-refractivity contribution in [2.45, 2.75) is 0 Å². The van der Waals surface area contributed by atoms with E-state index in [-0.39, 0.29) is 22.8 Å². The lowest BCUT2D eigenvalue weighted by Gasteiger charge is -2.14. The molecule has 0 aliphatic heterocycles. The molecule has 3 heterocycles. The Morgan fingerprint density at radius 3 is 1.28 bits per heavy atom. The summed E-state index contributed by atoms with van der Waals surface area (Å²) < 4.78 is 14.9. The summed E-state index contributed by atoms with van der Waals surface area (Å²) in [5.41, 5.74) is 0.0843. The van der Waals surface area contributed by atoms with E-state index < -0.39 is 11.1 Å². The molecule has 3 aromatic heterocycles. The van der Waals surface area contributed by atoms with E-state index in [9.17, 15) is 9.59 Å². The fraction of sp³-hybridized carbons (Fsp3) is 0. The molecule has 0 aliphatic carbocycles. The summed E-state index contributed by atoms with van der Waals surface area (Å²) in [5.74, 6) is 0.870. The van der Waals surface area contributed by atoms with Crippen LogP contribution in [0.25, 0.3) is 31.8 Å². The zero-order chi connectivity index (χ0) is 29.5. The highest BCUT2D eigenvalue weighted by Gasteiger charge is 2.25. The van der Waals surface area contributed by atoms with Crippen LogP contribution in [0.5, 0.6) is 23.5 Å². The third kappa shape index (κ3) is 5.03. The van der Waals surface area contributed by atoms with Crippen molar-refractivity contribution in [3.8, 4) is 34.9 Å². The van der Waals surface area contributed by atoms with Crippen molar-refractivity contribution in [1.82, 2.24) is 19.1 Å². The van der Waals surface area contributed by atoms with Crippen LogP contribution in [0.2, 0.25) is 10.0 Å². The quantitative estimate of drug-likeness (QED) is 0.186. The monoisotopic (exact) mass is 624 g/mol. The summed E-state index contributed by atoms with van der Waals surface area (Å²) in [7, 11) is 0. The molecule has 0 saturated heterocycles. The molecule has 0 N–H and O–H groups in total. The molecule has 0 bridgehead atoms. The van der Waals surface area contributed by atoms with E-state index in [0.717, 1.165) is 11.3 Å². The number of halogens is 2. The third-order valence-corrected chi connectivity index (χ3v) is 8.04. The number of para-hydroxylation sites is 2. The molecule has 210 valence electrons. The average Bonchev–Trinajstić information content (AvgIpc) is 3.39. The van der Waals surface area contributed by atoms with Crippen LogP contribution < -0.4 is 20.6 Å². The molecular formula is C32H18Cl2N4O4S. The number of hydrogen-bond donors (Lipinski definition) is 0. The topological polar surface area (TPSA) is 88.2 Å². The average molecular weight is 625 g/mol. The predicted molar refractivity (Wildman–Crippen MR) is 169 cm³/mol. The van der Waals surface area contributed by atoms with Gasteiger partial charge in [-0.05, 0) is 72.8 Å². The lowest BCUT2D eigenvalue weighted by molar-refractivity contribution is 0.427. The van der Waals surface area contributed by atoms with Gasteiger partial charge in [0.05, 0.1) is 22.1 Å². The van der Waals surface area contributed by atoms with Crippen LogP contribution in [0.15, 0.2) is 119 Å². The maximum atomic E-state index is 14.3. The summed E-state index contributed by atoms with van der Waals surface area (Å²) in [6, 6.07) is 31.4. The van der Waals surface area contributed by atoms with E-state index in [0.29, 0.717) is 42.6 Å². The first-order valence-corrected chi connectivity index (χ1v) is 14.5. The Kier molecular flexibility index (Phi) is 6.90. The van der Waals surface area contributed by atoms with Crippen molar-refractivity contribution in [2.24, 2.45) is 0 Å². The Hall–Kier alpha value is -4.96. The Labute approximate surface area is 257 Å². The van der Waals surface area contributed by atoms with Gasteiger partial charge in [0.1, 0.15) is 21.2 Å². The van der Waals surface area contributed by atoms with Crippen LogP contribution in [0.3, 0.4) is 0 Å². The van der Waals surface area contributed by atoms with Gasteiger partial charge in [0.2, 0.25) is 0 Å². The molecule has 7 aromatic rings. The number of aromatic nitrogens is 4. The van der Waals surface area contributed by atoms with E-state index >= 15 is 0 Å². The number of rotatable bonds is 6. The fourth-order valence-corrected chi connectivity index (χ4v) is 5.86. The predicted octanol–water partition coefficient (Wildman–Crippen LogP) is 8.04. The Balaban J connectivity index is 1.51. The Morgan fingerprint density at radius 2 is 0.907 bits per heavy atom. The molecular weight excluding hydrogens is 607 g/mol. The zero-order valence-corrected chi connectivity index (χ0v) is 24.3. The minimum Gasteiger partial charge on any atom is -0.425 e. The number of fused-ring (bicyclic) bond motifs is 3. The highest BCUT2D eigenvalue weighted by molar-refractivity contribution is 7.25. The SMILES string of the molecule is O=c1c2c(nc(Oc3ccc(Cl)cc3)n1-c1ccccc1)sc1nc(Oc3ccc(Cl)cc3)n(-c3ccccc3)c(=O)c12. The molecule has 4 aromatic carbocycles. The number of benzene rings is 4. The molecule has 0 atom stereocenters. The summed E-state index contributed by atoms with van der Waals surface area (Å²) >= 11 is 13.2. The molecule has 11 heteroatoms. The molecule has 0 spiro atoms. The molecule has 8 nitrogen and oxygen atoms in total. The van der Waals surface area contributed by atoms with E-state index in [1.54, 1.807) is 97.1 Å². The molecule has 0 aliphatic rings. The lowest BCUT2D eigenvalue weighted by atomic mass is 10.2. The van der Waals surface area contributed by atoms with Gasteiger partial charge in [0.15, 0.2) is 0 Å². The van der Waals surface area contributed by atoms with Gasteiger partial charge in [0.25, 0.3) is 11.1 Å². The van der Waals surface area contributed by atoms with Gasteiger partial charge >= 0.3 is 12.0 Å². The van der Waals surface area contributed by atoms with Gasteiger partial charge in [-0.25, -0.2) is 9.13 Å². The number of nitrogens with zero attached hydrogens (tertiary/aromatic N) is 4. The van der Waals surface area contributed by atoms with Gasteiger partial charge in [-0.3, -0.25) is 9.59 Å². The normalized spacial score (nSPS) is 11.2. The van der Waals surface area contributed by atoms with Gasteiger partial charge in [-0.1, -0.05) is 70.9 Å². The van der Waals surface area contributed by atoms with Crippen LogP contribution >= 0.6 is 34.5 Å². The van der Waals surface area contributed by atoms with Crippen LogP contribution in [-0.2, 0) is 0 Å². The minimum absolute atomic E-state index is 0.0265. The first-order valence-electron chi connectivity index (χ1n) is 13.0. The van der Waals surface area contributed by atoms with Crippen molar-refractivity contribution < 1.29 is 9.47 Å². The van der Waals surface area contributed by atoms with Gasteiger partial charge in [0, 0.05) is 10.0 Å². The highest BCUT2D eigenvalue weighted by Crippen LogP contribution is 2.34. The van der Waals surface area contributed by atoms with Gasteiger partial charge in [-0.2, -0.15) is 9.97 Å². The van der Waals surface area contributed by atoms with Crippen LogP contribution in [0, 0.1) is 0 Å². The number of hydrogen-bond acceptors (Lipinski definition) is 7. The largest absolute Gasteiger partial charge is 0.425 e. The summed E-state index contributed by atoms with van der Waals surface area (Å²) in [4.78, 5) is 38.6. The fourth-order valence-electron chi connectivity index (χ4n) is 4.60. The molecule has 43 heavy (non-hydrogen) atoms. The smallest absolute Gasteiger partial charge is 0.310 e. The van der Waals surface area contributed by atoms with E-state index in [2.05, 4.69) is 0 Å². The number of thiophene rings is 1. The highest BCUT2D eigenvalue weighted by atomic mass is 35.5. The molecule has 0 unspecified atom stereocenters. The summed E-state index contributed by atoms with van der Waals surface area (Å²) in [6.45, 7) is 0. The maximum Gasteiger partial charge on any atom is 0.310 e. The van der Waals surface area contributed by atoms with Gasteiger partial charge < -0.3 is 9.47 Å². The van der Waals surface area contributed by atoms with Crippen molar-refractivity contribution >= 4 is 55.0 Å². The van der Waals surface area contributed by atoms with E-state index in [4.69, 9.17) is 42.6 Å². The van der Waals surface area contributed by atoms with E-state index in [1.807, 2.05) is 12.1 Å². The van der Waals surface area contributed by atoms with Crippen LogP contribution in [0.4, 0.5) is 0 Å². The first-order chi connectivity index (χ1) is 21.0. The second-order valence-electron chi connectivity index (χ2n) is 9.32. The minimum atomic E-state index is -0.476. The maximum absolute atomic E-state index is 14.3. The van der Waals surface area contributed by atoms with Crippen molar-refractivity contribution in [3.63, 3.8) is 0 Å². The van der Waals surface area contributed by atoms with Gasteiger partial charge in [-0.15, -0.1) is 0 Å². The van der Waals surface area contributed by atoms with Crippen LogP contribution in [-0.4, -0.2) is 19.1 Å². The van der Waals surface area contributed by atoms with Crippen molar-refractivity contribution in [2.75, 3.05) is 0 Å². The van der Waals surface area contributed by atoms with E-state index in [1.165, 1.54) is 9.13 Å². The first kappa shape index (κ1) is 26.9. The summed E-state index contributed by atoms with van der Waals surface area (Å²) in [6.07, 6.45) is 0. The summed E-state index contributed by atoms with van der Waals surface area (Å²) in [5, 5.41) is 1.34. The second kappa shape index (κ2) is 11.0. The zero-order valence-electron chi connectivity index (χ0n) is 22.0. The third-order valence-electron chi connectivity index (χ3n) is 6.56. The van der Waals surface area contributed by atoms with Crippen LogP contribution in [0.1, 0.15) is 0 Å². The standard InChI is InChI=1S/C32H18Cl2N4O4S/c33-19-11-15-23(16-12-19)41-31-35-27-25(29(39)37(31)21-7-3-1-4-8-21)26-28(43-27)36-32(42-24-17-13-20(34)14-18-24)38(30(26)40)22-9-5-2-6-10-22/h1-18H. The second-order valence-corrected chi connectivity index (χ2v) is 11.2. The van der Waals surface area contributed by atoms with Crippen molar-refractivity contribution in [3.05, 3.63) is 140 Å². The lowest BCUT2D eigenvalue weighted by Crippen LogP contribution is -2.24. The Morgan fingerprint density at radius 1 is 0.535 bits per heavy atom. The molecule has 7 rings (SSSR count). The molecule has 0 fully saturated rings. The molecule has 0 radical (unpaired) electrons.